The third-order valence-electron chi connectivity index (χ3n) is 3.29. The summed E-state index contributed by atoms with van der Waals surface area (Å²) in [7, 11) is 0. The lowest BCUT2D eigenvalue weighted by atomic mass is 10.1. The molecule has 0 unspecified atom stereocenters. The molecule has 2 aromatic rings. The minimum absolute atomic E-state index is 0.165. The first-order valence-corrected chi connectivity index (χ1v) is 7.20. The van der Waals surface area contributed by atoms with Crippen LogP contribution >= 0.6 is 0 Å². The van der Waals surface area contributed by atoms with Crippen LogP contribution in [0.2, 0.25) is 0 Å². The van der Waals surface area contributed by atoms with E-state index in [0.717, 1.165) is 0 Å². The fourth-order valence-electron chi connectivity index (χ4n) is 2.13. The molecule has 0 bridgehead atoms. The smallest absolute Gasteiger partial charge is 0.288 e. The van der Waals surface area contributed by atoms with Gasteiger partial charge in [0.1, 0.15) is 11.4 Å². The Morgan fingerprint density at radius 3 is 2.71 bits per heavy atom. The average molecular weight is 326 g/mol. The van der Waals surface area contributed by atoms with E-state index in [2.05, 4.69) is 21.2 Å². The van der Waals surface area contributed by atoms with Crippen molar-refractivity contribution in [2.45, 2.75) is 12.5 Å². The lowest BCUT2D eigenvalue weighted by Crippen LogP contribution is -2.46. The van der Waals surface area contributed by atoms with Crippen LogP contribution in [0.4, 0.5) is 5.69 Å². The van der Waals surface area contributed by atoms with E-state index in [0.29, 0.717) is 11.4 Å². The van der Waals surface area contributed by atoms with Crippen LogP contribution in [0.1, 0.15) is 16.9 Å². The highest BCUT2D eigenvalue weighted by atomic mass is 16.5. The van der Waals surface area contributed by atoms with E-state index in [1.807, 2.05) is 0 Å². The number of hydrazine groups is 1. The predicted octanol–water partition coefficient (Wildman–Crippen LogP) is 0.632. The van der Waals surface area contributed by atoms with E-state index in [-0.39, 0.29) is 12.1 Å². The number of hydrogen-bond acceptors (Lipinski definition) is 5. The van der Waals surface area contributed by atoms with Crippen LogP contribution in [0.15, 0.2) is 48.7 Å². The normalized spacial score (nSPS) is 15.5. The highest BCUT2D eigenvalue weighted by molar-refractivity contribution is 6.00. The molecule has 3 N–H and O–H groups in total. The summed E-state index contributed by atoms with van der Waals surface area (Å²) in [5.41, 5.74) is 5.19. The molecule has 3 amide bonds. The number of aromatic nitrogens is 1. The van der Waals surface area contributed by atoms with Crippen LogP contribution in [-0.4, -0.2) is 28.8 Å². The van der Waals surface area contributed by atoms with Crippen molar-refractivity contribution in [3.8, 4) is 5.75 Å². The van der Waals surface area contributed by atoms with Gasteiger partial charge in [0.2, 0.25) is 5.91 Å². The predicted molar refractivity (Wildman–Crippen MR) is 84.0 cm³/mol. The van der Waals surface area contributed by atoms with E-state index in [9.17, 15) is 14.4 Å². The van der Waals surface area contributed by atoms with Gasteiger partial charge in [-0.05, 0) is 24.3 Å². The molecule has 1 aliphatic heterocycles. The van der Waals surface area contributed by atoms with E-state index < -0.39 is 23.8 Å². The van der Waals surface area contributed by atoms with Gasteiger partial charge in [0.05, 0.1) is 12.1 Å². The number of ether oxygens (including phenoxy) is 1. The van der Waals surface area contributed by atoms with E-state index in [4.69, 9.17) is 4.74 Å². The number of carbonyl (C=O) groups is 3. The van der Waals surface area contributed by atoms with E-state index in [1.54, 1.807) is 36.4 Å². The maximum Gasteiger partial charge on any atom is 0.288 e. The first-order chi connectivity index (χ1) is 11.6. The molecule has 122 valence electrons. The fourth-order valence-corrected chi connectivity index (χ4v) is 2.13. The Morgan fingerprint density at radius 2 is 1.92 bits per heavy atom. The monoisotopic (exact) mass is 326 g/mol. The summed E-state index contributed by atoms with van der Waals surface area (Å²) >= 11 is 0. The molecular weight excluding hydrogens is 312 g/mol. The van der Waals surface area contributed by atoms with Crippen molar-refractivity contribution in [3.05, 3.63) is 54.4 Å². The summed E-state index contributed by atoms with van der Waals surface area (Å²) in [6.45, 7) is 0. The minimum Gasteiger partial charge on any atom is -0.478 e. The van der Waals surface area contributed by atoms with Gasteiger partial charge in [0.15, 0.2) is 6.10 Å². The summed E-state index contributed by atoms with van der Waals surface area (Å²) in [5.74, 6) is -1.03. The molecule has 0 saturated heterocycles. The number of rotatable bonds is 3. The third-order valence-corrected chi connectivity index (χ3v) is 3.29. The Bertz CT molecular complexity index is 779. The Balaban J connectivity index is 1.54. The molecule has 0 radical (unpaired) electrons. The summed E-state index contributed by atoms with van der Waals surface area (Å²) in [5, 5.41) is 2.66. The first kappa shape index (κ1) is 15.5. The number of fused-ring (bicyclic) bond motifs is 1. The van der Waals surface area contributed by atoms with E-state index in [1.165, 1.54) is 12.3 Å². The third kappa shape index (κ3) is 3.49. The average Bonchev–Trinajstić information content (AvgIpc) is 2.61. The second-order valence-corrected chi connectivity index (χ2v) is 5.01. The molecular formula is C16H14N4O4. The topological polar surface area (TPSA) is 109 Å². The number of benzene rings is 1. The van der Waals surface area contributed by atoms with Gasteiger partial charge < -0.3 is 10.1 Å². The van der Waals surface area contributed by atoms with Crippen molar-refractivity contribution in [2.24, 2.45) is 0 Å². The molecule has 0 saturated carbocycles. The lowest BCUT2D eigenvalue weighted by molar-refractivity contribution is -0.130. The zero-order chi connectivity index (χ0) is 16.9. The number of nitrogens with zero attached hydrogens (tertiary/aromatic N) is 1. The second kappa shape index (κ2) is 6.78. The number of para-hydroxylation sites is 2. The summed E-state index contributed by atoms with van der Waals surface area (Å²) in [6.07, 6.45) is 0.267. The largest absolute Gasteiger partial charge is 0.478 e. The highest BCUT2D eigenvalue weighted by Crippen LogP contribution is 2.29. The standard InChI is InChI=1S/C16H14N4O4/c21-14(19-20-15(22)11-6-3-4-8-17-11)9-13-16(23)18-10-5-1-2-7-12(10)24-13/h1-8,13H,9H2,(H,18,23)(H,19,21)(H,20,22)/t13-/m1/s1. The van der Waals surface area contributed by atoms with Crippen molar-refractivity contribution in [1.82, 2.24) is 15.8 Å². The van der Waals surface area contributed by atoms with Gasteiger partial charge in [-0.25, -0.2) is 0 Å². The molecule has 1 aliphatic rings. The van der Waals surface area contributed by atoms with Crippen LogP contribution < -0.4 is 20.9 Å². The van der Waals surface area contributed by atoms with Gasteiger partial charge >= 0.3 is 0 Å². The fraction of sp³-hybridized carbons (Fsp3) is 0.125. The van der Waals surface area contributed by atoms with Crippen LogP contribution in [0.25, 0.3) is 0 Å². The van der Waals surface area contributed by atoms with Gasteiger partial charge in [-0.15, -0.1) is 0 Å². The van der Waals surface area contributed by atoms with Crippen molar-refractivity contribution in [3.63, 3.8) is 0 Å². The zero-order valence-electron chi connectivity index (χ0n) is 12.5. The number of anilines is 1. The molecule has 8 heteroatoms. The van der Waals surface area contributed by atoms with Crippen LogP contribution in [0.5, 0.6) is 5.75 Å². The Morgan fingerprint density at radius 1 is 1.12 bits per heavy atom. The summed E-state index contributed by atoms with van der Waals surface area (Å²) < 4.78 is 5.51. The van der Waals surface area contributed by atoms with Gasteiger partial charge in [-0.2, -0.15) is 0 Å². The number of hydrogen-bond donors (Lipinski definition) is 3. The maximum absolute atomic E-state index is 11.9. The van der Waals surface area contributed by atoms with Crippen molar-refractivity contribution < 1.29 is 19.1 Å². The van der Waals surface area contributed by atoms with Gasteiger partial charge in [0, 0.05) is 6.20 Å². The molecule has 8 nitrogen and oxygen atoms in total. The Hall–Kier alpha value is -3.42. The van der Waals surface area contributed by atoms with Gasteiger partial charge in [-0.3, -0.25) is 30.2 Å². The zero-order valence-corrected chi connectivity index (χ0v) is 12.5. The number of pyridine rings is 1. The Kier molecular flexibility index (Phi) is 4.37. The van der Waals surface area contributed by atoms with Crippen LogP contribution in [0.3, 0.4) is 0 Å². The molecule has 0 aliphatic carbocycles. The molecule has 2 heterocycles. The SMILES string of the molecule is O=C(C[C@H]1Oc2ccccc2NC1=O)NNC(=O)c1ccccn1. The summed E-state index contributed by atoms with van der Waals surface area (Å²) in [6, 6.07) is 11.8. The van der Waals surface area contributed by atoms with Crippen LogP contribution in [0, 0.1) is 0 Å². The minimum atomic E-state index is -0.966. The van der Waals surface area contributed by atoms with Gasteiger partial charge in [0.25, 0.3) is 11.8 Å². The molecule has 1 atom stereocenters. The number of nitrogens with one attached hydrogen (secondary N) is 3. The second-order valence-electron chi connectivity index (χ2n) is 5.01. The maximum atomic E-state index is 11.9. The molecule has 1 aromatic carbocycles. The summed E-state index contributed by atoms with van der Waals surface area (Å²) in [4.78, 5) is 39.5. The van der Waals surface area contributed by atoms with Crippen molar-refractivity contribution >= 4 is 23.4 Å². The number of carbonyl (C=O) groups excluding carboxylic acids is 3. The van der Waals surface area contributed by atoms with E-state index >= 15 is 0 Å². The molecule has 0 fully saturated rings. The Labute approximate surface area is 137 Å². The van der Waals surface area contributed by atoms with Crippen molar-refractivity contribution in [2.75, 3.05) is 5.32 Å². The molecule has 0 spiro atoms. The molecule has 1 aromatic heterocycles. The molecule has 3 rings (SSSR count). The highest BCUT2D eigenvalue weighted by Gasteiger charge is 2.29. The lowest BCUT2D eigenvalue weighted by Gasteiger charge is -2.25. The quantitative estimate of drug-likeness (QED) is 0.717. The first-order valence-electron chi connectivity index (χ1n) is 7.20. The number of amides is 3. The van der Waals surface area contributed by atoms with Crippen molar-refractivity contribution in [1.29, 1.82) is 0 Å². The van der Waals surface area contributed by atoms with Crippen LogP contribution in [-0.2, 0) is 9.59 Å². The molecule has 24 heavy (non-hydrogen) atoms. The van der Waals surface area contributed by atoms with Gasteiger partial charge in [-0.1, -0.05) is 18.2 Å².